The van der Waals surface area contributed by atoms with E-state index in [9.17, 15) is 4.79 Å². The Labute approximate surface area is 139 Å². The number of fused-ring (bicyclic) bond motifs is 2. The van der Waals surface area contributed by atoms with Crippen molar-refractivity contribution in [2.45, 2.75) is 51.1 Å². The van der Waals surface area contributed by atoms with Crippen LogP contribution in [0.1, 0.15) is 44.1 Å². The number of carbonyl (C=O) groups is 1. The number of likely N-dealkylation sites (tertiary alicyclic amines) is 1. The second kappa shape index (κ2) is 6.64. The van der Waals surface area contributed by atoms with Gasteiger partial charge in [0, 0.05) is 18.5 Å². The van der Waals surface area contributed by atoms with Crippen LogP contribution in [0.4, 0.5) is 0 Å². The van der Waals surface area contributed by atoms with Gasteiger partial charge in [-0.15, -0.1) is 0 Å². The number of amides is 1. The molecule has 124 valence electrons. The average Bonchev–Trinajstić information content (AvgIpc) is 3.19. The van der Waals surface area contributed by atoms with Crippen molar-refractivity contribution in [3.8, 4) is 0 Å². The highest BCUT2D eigenvalue weighted by molar-refractivity contribution is 5.79. The van der Waals surface area contributed by atoms with E-state index >= 15 is 0 Å². The molecule has 2 bridgehead atoms. The zero-order valence-electron chi connectivity index (χ0n) is 13.9. The fraction of sp³-hybridized carbons (Fsp3) is 0.650. The van der Waals surface area contributed by atoms with Crippen molar-refractivity contribution in [3.05, 3.63) is 35.9 Å². The average molecular weight is 312 g/mol. The molecule has 1 heterocycles. The summed E-state index contributed by atoms with van der Waals surface area (Å²) < 4.78 is 0. The molecule has 3 aliphatic rings. The van der Waals surface area contributed by atoms with Gasteiger partial charge >= 0.3 is 0 Å². The summed E-state index contributed by atoms with van der Waals surface area (Å²) in [6, 6.07) is 11.1. The standard InChI is InChI=1S/C20H28N2O/c23-20(21-19-13-16-6-7-18(19)12-16)17-8-10-22(11-9-17)14-15-4-2-1-3-5-15/h1-5,16-19H,6-14H2,(H,21,23)/t16-,18-,19-/m0/s1. The van der Waals surface area contributed by atoms with Crippen LogP contribution in [-0.2, 0) is 11.3 Å². The predicted octanol–water partition coefficient (Wildman–Crippen LogP) is 3.20. The van der Waals surface area contributed by atoms with E-state index in [1.165, 1.54) is 31.2 Å². The predicted molar refractivity (Wildman–Crippen MR) is 91.8 cm³/mol. The Morgan fingerprint density at radius 2 is 1.83 bits per heavy atom. The van der Waals surface area contributed by atoms with Gasteiger partial charge in [-0.1, -0.05) is 36.8 Å². The molecule has 0 aromatic heterocycles. The molecule has 3 atom stereocenters. The van der Waals surface area contributed by atoms with Crippen molar-refractivity contribution < 1.29 is 4.79 Å². The highest BCUT2D eigenvalue weighted by Crippen LogP contribution is 2.44. The maximum absolute atomic E-state index is 12.6. The molecule has 1 N–H and O–H groups in total. The summed E-state index contributed by atoms with van der Waals surface area (Å²) in [6.07, 6.45) is 7.36. The van der Waals surface area contributed by atoms with E-state index in [2.05, 4.69) is 40.5 Å². The molecule has 1 amide bonds. The maximum Gasteiger partial charge on any atom is 0.223 e. The highest BCUT2D eigenvalue weighted by Gasteiger charge is 2.40. The van der Waals surface area contributed by atoms with Gasteiger partial charge in [0.15, 0.2) is 0 Å². The molecule has 1 aromatic carbocycles. The molecule has 0 spiro atoms. The summed E-state index contributed by atoms with van der Waals surface area (Å²) in [6.45, 7) is 3.11. The summed E-state index contributed by atoms with van der Waals surface area (Å²) in [7, 11) is 0. The molecule has 3 heteroatoms. The van der Waals surface area contributed by atoms with Crippen molar-refractivity contribution in [1.29, 1.82) is 0 Å². The first-order valence-electron chi connectivity index (χ1n) is 9.34. The third kappa shape index (κ3) is 3.45. The molecule has 0 unspecified atom stereocenters. The second-order valence-electron chi connectivity index (χ2n) is 7.83. The molecule has 1 aliphatic heterocycles. The number of hydrogen-bond acceptors (Lipinski definition) is 2. The molecule has 1 saturated heterocycles. The Hall–Kier alpha value is -1.35. The van der Waals surface area contributed by atoms with Crippen LogP contribution in [0.25, 0.3) is 0 Å². The minimum atomic E-state index is 0.237. The monoisotopic (exact) mass is 312 g/mol. The van der Waals surface area contributed by atoms with E-state index in [0.29, 0.717) is 11.9 Å². The first-order valence-corrected chi connectivity index (χ1v) is 9.34. The van der Waals surface area contributed by atoms with Crippen LogP contribution in [0, 0.1) is 17.8 Å². The first-order chi connectivity index (χ1) is 11.3. The molecular weight excluding hydrogens is 284 g/mol. The Morgan fingerprint density at radius 1 is 1.04 bits per heavy atom. The van der Waals surface area contributed by atoms with Gasteiger partial charge in [0.1, 0.15) is 0 Å². The summed E-state index contributed by atoms with van der Waals surface area (Å²) >= 11 is 0. The quantitative estimate of drug-likeness (QED) is 0.926. The number of nitrogens with zero attached hydrogens (tertiary/aromatic N) is 1. The van der Waals surface area contributed by atoms with Crippen LogP contribution in [0.5, 0.6) is 0 Å². The number of benzene rings is 1. The molecule has 3 fully saturated rings. The van der Waals surface area contributed by atoms with Crippen LogP contribution >= 0.6 is 0 Å². The van der Waals surface area contributed by atoms with Crippen molar-refractivity contribution >= 4 is 5.91 Å². The molecule has 23 heavy (non-hydrogen) atoms. The van der Waals surface area contributed by atoms with Crippen LogP contribution in [-0.4, -0.2) is 29.9 Å². The Kier molecular flexibility index (Phi) is 4.39. The van der Waals surface area contributed by atoms with Crippen LogP contribution in [0.3, 0.4) is 0 Å². The van der Waals surface area contributed by atoms with Gasteiger partial charge < -0.3 is 5.32 Å². The first kappa shape index (κ1) is 15.2. The zero-order chi connectivity index (χ0) is 15.6. The van der Waals surface area contributed by atoms with E-state index in [1.807, 2.05) is 0 Å². The van der Waals surface area contributed by atoms with E-state index < -0.39 is 0 Å². The normalized spacial score (nSPS) is 31.4. The van der Waals surface area contributed by atoms with E-state index in [1.54, 1.807) is 0 Å². The summed E-state index contributed by atoms with van der Waals surface area (Å²) in [4.78, 5) is 15.0. The lowest BCUT2D eigenvalue weighted by molar-refractivity contribution is -0.127. The van der Waals surface area contributed by atoms with Crippen LogP contribution < -0.4 is 5.32 Å². The molecule has 2 saturated carbocycles. The Balaban J connectivity index is 1.24. The van der Waals surface area contributed by atoms with Crippen LogP contribution in [0.15, 0.2) is 30.3 Å². The van der Waals surface area contributed by atoms with Gasteiger partial charge in [-0.25, -0.2) is 0 Å². The van der Waals surface area contributed by atoms with E-state index in [-0.39, 0.29) is 5.92 Å². The SMILES string of the molecule is O=C(N[C@H]1C[C@H]2CC[C@H]1C2)C1CCN(Cc2ccccc2)CC1. The minimum absolute atomic E-state index is 0.237. The van der Waals surface area contributed by atoms with Crippen molar-refractivity contribution in [2.24, 2.45) is 17.8 Å². The summed E-state index contributed by atoms with van der Waals surface area (Å²) in [5, 5.41) is 3.39. The molecule has 3 nitrogen and oxygen atoms in total. The second-order valence-corrected chi connectivity index (χ2v) is 7.83. The fourth-order valence-electron chi connectivity index (χ4n) is 4.92. The lowest BCUT2D eigenvalue weighted by atomic mass is 9.92. The largest absolute Gasteiger partial charge is 0.353 e. The maximum atomic E-state index is 12.6. The molecule has 0 radical (unpaired) electrons. The summed E-state index contributed by atoms with van der Waals surface area (Å²) in [5.41, 5.74) is 1.37. The minimum Gasteiger partial charge on any atom is -0.353 e. The fourth-order valence-corrected chi connectivity index (χ4v) is 4.92. The molecular formula is C20H28N2O. The smallest absolute Gasteiger partial charge is 0.223 e. The van der Waals surface area contributed by atoms with E-state index in [0.717, 1.165) is 44.3 Å². The van der Waals surface area contributed by atoms with Gasteiger partial charge in [0.2, 0.25) is 5.91 Å². The van der Waals surface area contributed by atoms with Crippen molar-refractivity contribution in [2.75, 3.05) is 13.1 Å². The lowest BCUT2D eigenvalue weighted by Crippen LogP contribution is -2.45. The van der Waals surface area contributed by atoms with Gasteiger partial charge in [-0.3, -0.25) is 9.69 Å². The van der Waals surface area contributed by atoms with Crippen molar-refractivity contribution in [3.63, 3.8) is 0 Å². The third-order valence-electron chi connectivity index (χ3n) is 6.27. The molecule has 1 aromatic rings. The van der Waals surface area contributed by atoms with Gasteiger partial charge in [-0.05, 0) is 62.6 Å². The van der Waals surface area contributed by atoms with Crippen molar-refractivity contribution in [1.82, 2.24) is 10.2 Å². The zero-order valence-corrected chi connectivity index (χ0v) is 13.9. The Bertz CT molecular complexity index is 536. The molecule has 4 rings (SSSR count). The van der Waals surface area contributed by atoms with Gasteiger partial charge in [0.25, 0.3) is 0 Å². The molecule has 2 aliphatic carbocycles. The van der Waals surface area contributed by atoms with E-state index in [4.69, 9.17) is 0 Å². The summed E-state index contributed by atoms with van der Waals surface area (Å²) in [5.74, 6) is 2.25. The number of rotatable bonds is 4. The van der Waals surface area contributed by atoms with Gasteiger partial charge in [0.05, 0.1) is 0 Å². The topological polar surface area (TPSA) is 32.3 Å². The van der Waals surface area contributed by atoms with Gasteiger partial charge in [-0.2, -0.15) is 0 Å². The number of nitrogens with one attached hydrogen (secondary N) is 1. The number of carbonyl (C=O) groups excluding carboxylic acids is 1. The Morgan fingerprint density at radius 3 is 2.48 bits per heavy atom. The lowest BCUT2D eigenvalue weighted by Gasteiger charge is -2.32. The van der Waals surface area contributed by atoms with Crippen LogP contribution in [0.2, 0.25) is 0 Å². The highest BCUT2D eigenvalue weighted by atomic mass is 16.2. The number of piperidine rings is 1. The number of hydrogen-bond donors (Lipinski definition) is 1. The third-order valence-corrected chi connectivity index (χ3v) is 6.27.